The van der Waals surface area contributed by atoms with Gasteiger partial charge in [-0.2, -0.15) is 0 Å². The molecule has 0 aliphatic rings. The maximum absolute atomic E-state index is 11.2. The molecule has 0 saturated carbocycles. The fourth-order valence-corrected chi connectivity index (χ4v) is 2.49. The van der Waals surface area contributed by atoms with Crippen molar-refractivity contribution >= 4 is 34.5 Å². The first kappa shape index (κ1) is 12.0. The predicted molar refractivity (Wildman–Crippen MR) is 71.6 cm³/mol. The molecule has 3 nitrogen and oxygen atoms in total. The summed E-state index contributed by atoms with van der Waals surface area (Å²) in [5.74, 6) is -0.433. The second kappa shape index (κ2) is 5.21. The number of para-hydroxylation sites is 1. The molecule has 3 N–H and O–H groups in total. The second-order valence-corrected chi connectivity index (χ2v) is 4.93. The van der Waals surface area contributed by atoms with Crippen molar-refractivity contribution in [3.8, 4) is 0 Å². The fourth-order valence-electron chi connectivity index (χ4n) is 1.48. The Bertz CT molecular complexity index is 539. The minimum absolute atomic E-state index is 0.433. The van der Waals surface area contributed by atoms with Gasteiger partial charge in [0.2, 0.25) is 0 Å². The van der Waals surface area contributed by atoms with Crippen molar-refractivity contribution in [3.63, 3.8) is 0 Å². The van der Waals surface area contributed by atoms with E-state index >= 15 is 0 Å². The van der Waals surface area contributed by atoms with Gasteiger partial charge in [0.25, 0.3) is 5.91 Å². The van der Waals surface area contributed by atoms with Gasteiger partial charge in [0.1, 0.15) is 0 Å². The van der Waals surface area contributed by atoms with Crippen LogP contribution < -0.4 is 11.1 Å². The molecular formula is C12H11ClN2OS. The Hall–Kier alpha value is -1.52. The maximum Gasteiger partial charge on any atom is 0.250 e. The van der Waals surface area contributed by atoms with Gasteiger partial charge in [0.05, 0.1) is 10.6 Å². The lowest BCUT2D eigenvalue weighted by molar-refractivity contribution is 0.100. The summed E-state index contributed by atoms with van der Waals surface area (Å²) in [5.41, 5.74) is 6.53. The summed E-state index contributed by atoms with van der Waals surface area (Å²) in [7, 11) is 0. The highest BCUT2D eigenvalue weighted by atomic mass is 35.5. The van der Waals surface area contributed by atoms with Gasteiger partial charge in [0.15, 0.2) is 0 Å². The van der Waals surface area contributed by atoms with Crippen LogP contribution in [0.25, 0.3) is 0 Å². The first-order valence-electron chi connectivity index (χ1n) is 5.02. The number of nitrogens with two attached hydrogens (primary N) is 1. The number of benzene rings is 1. The topological polar surface area (TPSA) is 55.1 Å². The molecule has 1 aromatic heterocycles. The van der Waals surface area contributed by atoms with E-state index in [0.29, 0.717) is 12.1 Å². The molecule has 88 valence electrons. The average molecular weight is 267 g/mol. The Kier molecular flexibility index (Phi) is 3.66. The van der Waals surface area contributed by atoms with Crippen molar-refractivity contribution in [1.29, 1.82) is 0 Å². The van der Waals surface area contributed by atoms with E-state index in [1.165, 1.54) is 0 Å². The molecule has 1 amide bonds. The summed E-state index contributed by atoms with van der Waals surface area (Å²) in [5, 5.41) is 5.78. The second-order valence-electron chi connectivity index (χ2n) is 3.49. The SMILES string of the molecule is NC(=O)c1ccccc1NCc1cc(Cl)cs1. The van der Waals surface area contributed by atoms with Crippen molar-refractivity contribution < 1.29 is 4.79 Å². The molecule has 0 radical (unpaired) electrons. The number of halogens is 1. The zero-order valence-electron chi connectivity index (χ0n) is 8.94. The van der Waals surface area contributed by atoms with Crippen LogP contribution in [0.1, 0.15) is 15.2 Å². The molecule has 5 heteroatoms. The quantitative estimate of drug-likeness (QED) is 0.893. The lowest BCUT2D eigenvalue weighted by atomic mass is 10.1. The molecule has 0 aliphatic carbocycles. The van der Waals surface area contributed by atoms with Gasteiger partial charge < -0.3 is 11.1 Å². The standard InChI is InChI=1S/C12H11ClN2OS/c13-8-5-9(17-7-8)6-15-11-4-2-1-3-10(11)12(14)16/h1-5,7,15H,6H2,(H2,14,16). The van der Waals surface area contributed by atoms with E-state index in [1.807, 2.05) is 23.6 Å². The Morgan fingerprint density at radius 3 is 2.82 bits per heavy atom. The number of hydrogen-bond acceptors (Lipinski definition) is 3. The van der Waals surface area contributed by atoms with Crippen molar-refractivity contribution in [2.75, 3.05) is 5.32 Å². The van der Waals surface area contributed by atoms with Crippen LogP contribution in [0.3, 0.4) is 0 Å². The minimum Gasteiger partial charge on any atom is -0.380 e. The average Bonchev–Trinajstić information content (AvgIpc) is 2.73. The highest BCUT2D eigenvalue weighted by Gasteiger charge is 2.06. The number of hydrogen-bond donors (Lipinski definition) is 2. The number of rotatable bonds is 4. The number of nitrogens with one attached hydrogen (secondary N) is 1. The molecule has 0 bridgehead atoms. The third-order valence-corrected chi connectivity index (χ3v) is 3.55. The zero-order valence-corrected chi connectivity index (χ0v) is 10.5. The predicted octanol–water partition coefficient (Wildman–Crippen LogP) is 3.11. The van der Waals surface area contributed by atoms with Crippen LogP contribution in [-0.2, 0) is 6.54 Å². The number of thiophene rings is 1. The van der Waals surface area contributed by atoms with Crippen LogP contribution >= 0.6 is 22.9 Å². The van der Waals surface area contributed by atoms with Crippen LogP contribution in [0.15, 0.2) is 35.7 Å². The van der Waals surface area contributed by atoms with Gasteiger partial charge in [-0.15, -0.1) is 11.3 Å². The van der Waals surface area contributed by atoms with E-state index in [4.69, 9.17) is 17.3 Å². The molecule has 0 atom stereocenters. The Morgan fingerprint density at radius 1 is 1.41 bits per heavy atom. The van der Waals surface area contributed by atoms with Crippen LogP contribution in [-0.4, -0.2) is 5.91 Å². The molecule has 0 aliphatic heterocycles. The third-order valence-electron chi connectivity index (χ3n) is 2.27. The molecule has 17 heavy (non-hydrogen) atoms. The molecule has 1 aromatic carbocycles. The monoisotopic (exact) mass is 266 g/mol. The number of amides is 1. The van der Waals surface area contributed by atoms with Crippen LogP contribution in [0.5, 0.6) is 0 Å². The van der Waals surface area contributed by atoms with Crippen molar-refractivity contribution in [2.24, 2.45) is 5.73 Å². The normalized spacial score (nSPS) is 10.2. The van der Waals surface area contributed by atoms with E-state index in [-0.39, 0.29) is 0 Å². The Balaban J connectivity index is 2.11. The van der Waals surface area contributed by atoms with Crippen LogP contribution in [0.4, 0.5) is 5.69 Å². The summed E-state index contributed by atoms with van der Waals surface area (Å²) < 4.78 is 0. The van der Waals surface area contributed by atoms with Gasteiger partial charge >= 0.3 is 0 Å². The lowest BCUT2D eigenvalue weighted by Gasteiger charge is -2.08. The highest BCUT2D eigenvalue weighted by Crippen LogP contribution is 2.21. The molecule has 0 saturated heterocycles. The van der Waals surface area contributed by atoms with Gasteiger partial charge in [-0.3, -0.25) is 4.79 Å². The van der Waals surface area contributed by atoms with Crippen LogP contribution in [0.2, 0.25) is 5.02 Å². The zero-order chi connectivity index (χ0) is 12.3. The number of carbonyl (C=O) groups is 1. The van der Waals surface area contributed by atoms with Gasteiger partial charge in [-0.25, -0.2) is 0 Å². The molecule has 0 unspecified atom stereocenters. The lowest BCUT2D eigenvalue weighted by Crippen LogP contribution is -2.14. The Labute approximate surface area is 108 Å². The van der Waals surface area contributed by atoms with Crippen molar-refractivity contribution in [2.45, 2.75) is 6.54 Å². The first-order valence-corrected chi connectivity index (χ1v) is 6.28. The Morgan fingerprint density at radius 2 is 2.18 bits per heavy atom. The summed E-state index contributed by atoms with van der Waals surface area (Å²) in [6.07, 6.45) is 0. The van der Waals surface area contributed by atoms with Crippen molar-refractivity contribution in [1.82, 2.24) is 0 Å². The minimum atomic E-state index is -0.433. The summed E-state index contributed by atoms with van der Waals surface area (Å²) in [6, 6.07) is 9.07. The molecule has 0 fully saturated rings. The summed E-state index contributed by atoms with van der Waals surface area (Å²) in [4.78, 5) is 12.3. The van der Waals surface area contributed by atoms with E-state index in [9.17, 15) is 4.79 Å². The van der Waals surface area contributed by atoms with Gasteiger partial charge in [-0.05, 0) is 18.2 Å². The largest absolute Gasteiger partial charge is 0.380 e. The number of primary amides is 1. The third kappa shape index (κ3) is 2.99. The fraction of sp³-hybridized carbons (Fsp3) is 0.0833. The van der Waals surface area contributed by atoms with E-state index in [0.717, 1.165) is 15.6 Å². The molecule has 2 rings (SSSR count). The summed E-state index contributed by atoms with van der Waals surface area (Å²) in [6.45, 7) is 0.627. The molecule has 2 aromatic rings. The molecule has 0 spiro atoms. The highest BCUT2D eigenvalue weighted by molar-refractivity contribution is 7.10. The van der Waals surface area contributed by atoms with Crippen molar-refractivity contribution in [3.05, 3.63) is 51.2 Å². The van der Waals surface area contributed by atoms with Gasteiger partial charge in [-0.1, -0.05) is 23.7 Å². The summed E-state index contributed by atoms with van der Waals surface area (Å²) >= 11 is 7.40. The van der Waals surface area contributed by atoms with Gasteiger partial charge in [0, 0.05) is 22.5 Å². The maximum atomic E-state index is 11.2. The molecular weight excluding hydrogens is 256 g/mol. The van der Waals surface area contributed by atoms with E-state index in [1.54, 1.807) is 23.5 Å². The smallest absolute Gasteiger partial charge is 0.250 e. The van der Waals surface area contributed by atoms with E-state index < -0.39 is 5.91 Å². The molecule has 1 heterocycles. The number of carbonyl (C=O) groups excluding carboxylic acids is 1. The van der Waals surface area contributed by atoms with E-state index in [2.05, 4.69) is 5.32 Å². The van der Waals surface area contributed by atoms with Crippen LogP contribution in [0, 0.1) is 0 Å². The first-order chi connectivity index (χ1) is 8.16. The number of anilines is 1.